The van der Waals surface area contributed by atoms with Crippen LogP contribution in [0.1, 0.15) is 18.1 Å². The van der Waals surface area contributed by atoms with Gasteiger partial charge in [0.2, 0.25) is 10.0 Å². The van der Waals surface area contributed by atoms with Crippen molar-refractivity contribution in [2.75, 3.05) is 37.7 Å². The summed E-state index contributed by atoms with van der Waals surface area (Å²) in [6, 6.07) is 13.0. The van der Waals surface area contributed by atoms with Gasteiger partial charge in [-0.05, 0) is 56.7 Å². The van der Waals surface area contributed by atoms with Crippen LogP contribution in [0.3, 0.4) is 0 Å². The standard InChI is InChI=1S/C24H27N7O3S/c1-4-34-20-8-6-19(7-9-20)31-24-22(27-28-31)23(25-16-26-24)29-11-13-30(14-12-29)35(32,33)21-10-5-17(2)15-18(21)3/h5-10,15-16H,4,11-14H2,1-3H3. The summed E-state index contributed by atoms with van der Waals surface area (Å²) in [5, 5.41) is 8.65. The van der Waals surface area contributed by atoms with E-state index in [0.717, 1.165) is 22.6 Å². The molecular formula is C24H27N7O3S. The summed E-state index contributed by atoms with van der Waals surface area (Å²) >= 11 is 0. The fourth-order valence-electron chi connectivity index (χ4n) is 4.36. The van der Waals surface area contributed by atoms with E-state index in [1.807, 2.05) is 62.1 Å². The van der Waals surface area contributed by atoms with Crippen LogP contribution in [0, 0.1) is 13.8 Å². The highest BCUT2D eigenvalue weighted by Crippen LogP contribution is 2.27. The molecule has 4 aromatic rings. The maximum Gasteiger partial charge on any atom is 0.243 e. The highest BCUT2D eigenvalue weighted by atomic mass is 32.2. The van der Waals surface area contributed by atoms with Crippen molar-refractivity contribution in [3.05, 3.63) is 59.9 Å². The molecule has 2 aromatic heterocycles. The highest BCUT2D eigenvalue weighted by Gasteiger charge is 2.31. The van der Waals surface area contributed by atoms with E-state index >= 15 is 0 Å². The Labute approximate surface area is 204 Å². The Balaban J connectivity index is 1.37. The smallest absolute Gasteiger partial charge is 0.243 e. The number of sulfonamides is 1. The van der Waals surface area contributed by atoms with Gasteiger partial charge in [-0.2, -0.15) is 8.99 Å². The van der Waals surface area contributed by atoms with Gasteiger partial charge in [0.05, 0.1) is 17.2 Å². The summed E-state index contributed by atoms with van der Waals surface area (Å²) in [5.41, 5.74) is 3.77. The van der Waals surface area contributed by atoms with Crippen molar-refractivity contribution in [3.63, 3.8) is 0 Å². The van der Waals surface area contributed by atoms with Crippen molar-refractivity contribution in [1.82, 2.24) is 29.3 Å². The van der Waals surface area contributed by atoms with Crippen LogP contribution >= 0.6 is 0 Å². The summed E-state index contributed by atoms with van der Waals surface area (Å²) in [6.07, 6.45) is 1.49. The number of benzene rings is 2. The zero-order valence-electron chi connectivity index (χ0n) is 19.9. The first-order valence-corrected chi connectivity index (χ1v) is 12.9. The van der Waals surface area contributed by atoms with Crippen LogP contribution < -0.4 is 9.64 Å². The SMILES string of the molecule is CCOc1ccc(-n2nnc3c(N4CCN(S(=O)(=O)c5ccc(C)cc5C)CC4)ncnc32)cc1. The predicted molar refractivity (Wildman–Crippen MR) is 133 cm³/mol. The number of aryl methyl sites for hydroxylation is 2. The Bertz CT molecular complexity index is 1460. The third-order valence-electron chi connectivity index (χ3n) is 6.10. The third kappa shape index (κ3) is 4.32. The van der Waals surface area contributed by atoms with Gasteiger partial charge in [0.25, 0.3) is 0 Å². The lowest BCUT2D eigenvalue weighted by molar-refractivity contribution is 0.340. The van der Waals surface area contributed by atoms with E-state index in [1.165, 1.54) is 10.6 Å². The van der Waals surface area contributed by atoms with Gasteiger partial charge in [-0.15, -0.1) is 5.10 Å². The molecule has 5 rings (SSSR count). The Morgan fingerprint density at radius 3 is 2.40 bits per heavy atom. The number of hydrogen-bond donors (Lipinski definition) is 0. The van der Waals surface area contributed by atoms with Crippen LogP contribution in [0.4, 0.5) is 5.82 Å². The van der Waals surface area contributed by atoms with Gasteiger partial charge in [-0.1, -0.05) is 22.9 Å². The van der Waals surface area contributed by atoms with Crippen molar-refractivity contribution >= 4 is 27.0 Å². The fraction of sp³-hybridized carbons (Fsp3) is 0.333. The van der Waals surface area contributed by atoms with Gasteiger partial charge in [-0.25, -0.2) is 18.4 Å². The molecule has 10 nitrogen and oxygen atoms in total. The lowest BCUT2D eigenvalue weighted by atomic mass is 10.2. The molecule has 3 heterocycles. The van der Waals surface area contributed by atoms with Gasteiger partial charge in [-0.3, -0.25) is 0 Å². The summed E-state index contributed by atoms with van der Waals surface area (Å²) in [7, 11) is -3.57. The van der Waals surface area contributed by atoms with Crippen molar-refractivity contribution in [1.29, 1.82) is 0 Å². The molecule has 35 heavy (non-hydrogen) atoms. The third-order valence-corrected chi connectivity index (χ3v) is 8.16. The van der Waals surface area contributed by atoms with Crippen LogP contribution in [-0.2, 0) is 10.0 Å². The van der Waals surface area contributed by atoms with E-state index in [9.17, 15) is 8.42 Å². The molecule has 0 bridgehead atoms. The number of piperazine rings is 1. The molecule has 0 unspecified atom stereocenters. The summed E-state index contributed by atoms with van der Waals surface area (Å²) in [6.45, 7) is 8.02. The van der Waals surface area contributed by atoms with Crippen LogP contribution in [0.25, 0.3) is 16.9 Å². The quantitative estimate of drug-likeness (QED) is 0.404. The fourth-order valence-corrected chi connectivity index (χ4v) is 5.99. The molecule has 1 fully saturated rings. The number of fused-ring (bicyclic) bond motifs is 1. The second-order valence-corrected chi connectivity index (χ2v) is 10.4. The maximum atomic E-state index is 13.2. The molecule has 11 heteroatoms. The minimum atomic E-state index is -3.57. The van der Waals surface area contributed by atoms with Crippen LogP contribution in [-0.4, -0.2) is 70.5 Å². The van der Waals surface area contributed by atoms with Gasteiger partial charge < -0.3 is 9.64 Å². The van der Waals surface area contributed by atoms with Crippen LogP contribution in [0.5, 0.6) is 5.75 Å². The number of nitrogens with zero attached hydrogens (tertiary/aromatic N) is 7. The second kappa shape index (κ2) is 9.23. The minimum Gasteiger partial charge on any atom is -0.494 e. The number of hydrogen-bond acceptors (Lipinski definition) is 8. The first-order valence-electron chi connectivity index (χ1n) is 11.5. The summed E-state index contributed by atoms with van der Waals surface area (Å²) < 4.78 is 35.2. The largest absolute Gasteiger partial charge is 0.494 e. The molecule has 0 radical (unpaired) electrons. The molecule has 1 aliphatic heterocycles. The van der Waals surface area contributed by atoms with Crippen LogP contribution in [0.15, 0.2) is 53.7 Å². The van der Waals surface area contributed by atoms with Gasteiger partial charge in [0, 0.05) is 26.2 Å². The molecule has 182 valence electrons. The zero-order valence-corrected chi connectivity index (χ0v) is 20.7. The second-order valence-electron chi connectivity index (χ2n) is 8.46. The van der Waals surface area contributed by atoms with Crippen LogP contribution in [0.2, 0.25) is 0 Å². The molecule has 0 spiro atoms. The average molecular weight is 494 g/mol. The van der Waals surface area contributed by atoms with E-state index in [2.05, 4.69) is 20.3 Å². The van der Waals surface area contributed by atoms with E-state index < -0.39 is 10.0 Å². The molecule has 1 saturated heterocycles. The monoisotopic (exact) mass is 493 g/mol. The van der Waals surface area contributed by atoms with Crippen molar-refractivity contribution in [3.8, 4) is 11.4 Å². The lowest BCUT2D eigenvalue weighted by Gasteiger charge is -2.34. The van der Waals surface area contributed by atoms with Gasteiger partial charge in [0.1, 0.15) is 12.1 Å². The average Bonchev–Trinajstić information content (AvgIpc) is 3.29. The Morgan fingerprint density at radius 2 is 1.71 bits per heavy atom. The van der Waals surface area contributed by atoms with E-state index in [4.69, 9.17) is 4.74 Å². The first kappa shape index (κ1) is 23.2. The normalized spacial score (nSPS) is 15.0. The van der Waals surface area contributed by atoms with Gasteiger partial charge in [0.15, 0.2) is 17.0 Å². The first-order chi connectivity index (χ1) is 16.9. The van der Waals surface area contributed by atoms with Crippen molar-refractivity contribution < 1.29 is 13.2 Å². The Hall–Kier alpha value is -3.57. The Kier molecular flexibility index (Phi) is 6.12. The Morgan fingerprint density at radius 1 is 0.971 bits per heavy atom. The summed E-state index contributed by atoms with van der Waals surface area (Å²) in [4.78, 5) is 11.3. The lowest BCUT2D eigenvalue weighted by Crippen LogP contribution is -2.49. The molecule has 2 aromatic carbocycles. The van der Waals surface area contributed by atoms with Crippen molar-refractivity contribution in [2.24, 2.45) is 0 Å². The minimum absolute atomic E-state index is 0.355. The number of anilines is 1. The molecule has 0 N–H and O–H groups in total. The molecule has 0 amide bonds. The molecule has 0 saturated carbocycles. The highest BCUT2D eigenvalue weighted by molar-refractivity contribution is 7.89. The van der Waals surface area contributed by atoms with Gasteiger partial charge >= 0.3 is 0 Å². The van der Waals surface area contributed by atoms with E-state index in [-0.39, 0.29) is 0 Å². The predicted octanol–water partition coefficient (Wildman–Crippen LogP) is 2.74. The summed E-state index contributed by atoms with van der Waals surface area (Å²) in [5.74, 6) is 1.43. The number of rotatable bonds is 6. The van der Waals surface area contributed by atoms with E-state index in [0.29, 0.717) is 54.7 Å². The molecule has 0 aliphatic carbocycles. The van der Waals surface area contributed by atoms with E-state index in [1.54, 1.807) is 10.7 Å². The van der Waals surface area contributed by atoms with Crippen molar-refractivity contribution in [2.45, 2.75) is 25.7 Å². The molecule has 1 aliphatic rings. The maximum absolute atomic E-state index is 13.2. The zero-order chi connectivity index (χ0) is 24.6. The number of aromatic nitrogens is 5. The molecular weight excluding hydrogens is 466 g/mol. The number of ether oxygens (including phenoxy) is 1. The topological polar surface area (TPSA) is 106 Å². The molecule has 0 atom stereocenters.